The smallest absolute Gasteiger partial charge is 0.123 e. The number of benzene rings is 1. The zero-order valence-electron chi connectivity index (χ0n) is 10.9. The van der Waals surface area contributed by atoms with Crippen LogP contribution in [0, 0.1) is 17.1 Å². The number of methoxy groups -OCH3 is 1. The standard InChI is InChI=1S/C14H17FN2O2/c1-18-14(4-5-19-10-14)9-17-8-12-6-13(15)3-2-11(12)7-16/h2-3,6,17H,4-5,8-10H2,1H3. The van der Waals surface area contributed by atoms with Crippen LogP contribution in [-0.2, 0) is 16.0 Å². The van der Waals surface area contributed by atoms with Crippen molar-refractivity contribution in [2.45, 2.75) is 18.6 Å². The molecule has 4 nitrogen and oxygen atoms in total. The van der Waals surface area contributed by atoms with Gasteiger partial charge in [-0.25, -0.2) is 4.39 Å². The minimum atomic E-state index is -0.332. The number of ether oxygens (including phenoxy) is 2. The Bertz CT molecular complexity index is 479. The molecule has 0 radical (unpaired) electrons. The molecule has 1 atom stereocenters. The summed E-state index contributed by atoms with van der Waals surface area (Å²) in [5, 5.41) is 12.2. The summed E-state index contributed by atoms with van der Waals surface area (Å²) < 4.78 is 24.0. The molecule has 1 saturated heterocycles. The van der Waals surface area contributed by atoms with Crippen LogP contribution in [0.25, 0.3) is 0 Å². The second kappa shape index (κ2) is 6.11. The Labute approximate surface area is 112 Å². The van der Waals surface area contributed by atoms with E-state index in [1.807, 2.05) is 0 Å². The molecule has 0 saturated carbocycles. The van der Waals surface area contributed by atoms with Gasteiger partial charge in [0.25, 0.3) is 0 Å². The highest BCUT2D eigenvalue weighted by Gasteiger charge is 2.34. The Balaban J connectivity index is 1.96. The van der Waals surface area contributed by atoms with Crippen molar-refractivity contribution in [2.75, 3.05) is 26.9 Å². The largest absolute Gasteiger partial charge is 0.378 e. The monoisotopic (exact) mass is 264 g/mol. The van der Waals surface area contributed by atoms with Crippen molar-refractivity contribution < 1.29 is 13.9 Å². The Morgan fingerprint density at radius 3 is 3.05 bits per heavy atom. The quantitative estimate of drug-likeness (QED) is 0.877. The fourth-order valence-corrected chi connectivity index (χ4v) is 2.20. The van der Waals surface area contributed by atoms with Gasteiger partial charge in [0.15, 0.2) is 0 Å². The summed E-state index contributed by atoms with van der Waals surface area (Å²) in [5.41, 5.74) is 0.843. The zero-order chi connectivity index (χ0) is 13.7. The van der Waals surface area contributed by atoms with Crippen LogP contribution < -0.4 is 5.32 Å². The molecule has 1 heterocycles. The van der Waals surface area contributed by atoms with Gasteiger partial charge in [-0.1, -0.05) is 0 Å². The van der Waals surface area contributed by atoms with E-state index in [9.17, 15) is 4.39 Å². The van der Waals surface area contributed by atoms with Gasteiger partial charge in [-0.15, -0.1) is 0 Å². The Morgan fingerprint density at radius 1 is 1.58 bits per heavy atom. The predicted molar refractivity (Wildman–Crippen MR) is 68.0 cm³/mol. The van der Waals surface area contributed by atoms with E-state index in [1.54, 1.807) is 7.11 Å². The maximum absolute atomic E-state index is 13.2. The molecule has 0 bridgehead atoms. The second-order valence-electron chi connectivity index (χ2n) is 4.71. The first-order chi connectivity index (χ1) is 9.19. The number of nitriles is 1. The summed E-state index contributed by atoms with van der Waals surface area (Å²) in [7, 11) is 1.67. The molecule has 1 aromatic rings. The predicted octanol–water partition coefficient (Wildman–Crippen LogP) is 1.59. The van der Waals surface area contributed by atoms with Gasteiger partial charge in [0, 0.05) is 33.2 Å². The molecular formula is C14H17FN2O2. The number of rotatable bonds is 5. The van der Waals surface area contributed by atoms with E-state index in [4.69, 9.17) is 14.7 Å². The maximum atomic E-state index is 13.2. The summed E-state index contributed by atoms with van der Waals surface area (Å²) in [6.45, 7) is 2.31. The van der Waals surface area contributed by atoms with Gasteiger partial charge in [0.1, 0.15) is 11.4 Å². The van der Waals surface area contributed by atoms with Gasteiger partial charge < -0.3 is 14.8 Å². The molecular weight excluding hydrogens is 247 g/mol. The normalized spacial score (nSPS) is 22.4. The van der Waals surface area contributed by atoms with Crippen LogP contribution in [0.2, 0.25) is 0 Å². The van der Waals surface area contributed by atoms with Crippen LogP contribution in [0.4, 0.5) is 4.39 Å². The van der Waals surface area contributed by atoms with Crippen LogP contribution in [0.5, 0.6) is 0 Å². The van der Waals surface area contributed by atoms with Gasteiger partial charge >= 0.3 is 0 Å². The van der Waals surface area contributed by atoms with E-state index < -0.39 is 0 Å². The lowest BCUT2D eigenvalue weighted by molar-refractivity contribution is -0.0159. The molecule has 19 heavy (non-hydrogen) atoms. The van der Waals surface area contributed by atoms with Crippen molar-refractivity contribution in [3.05, 3.63) is 35.1 Å². The third-order valence-electron chi connectivity index (χ3n) is 3.45. The van der Waals surface area contributed by atoms with E-state index >= 15 is 0 Å². The van der Waals surface area contributed by atoms with Crippen LogP contribution in [0.3, 0.4) is 0 Å². The average molecular weight is 264 g/mol. The molecule has 1 aliphatic heterocycles. The van der Waals surface area contributed by atoms with E-state index in [0.29, 0.717) is 37.4 Å². The zero-order valence-corrected chi connectivity index (χ0v) is 10.9. The fraction of sp³-hybridized carbons (Fsp3) is 0.500. The first-order valence-corrected chi connectivity index (χ1v) is 6.21. The van der Waals surface area contributed by atoms with Gasteiger partial charge in [-0.3, -0.25) is 0 Å². The summed E-state index contributed by atoms with van der Waals surface area (Å²) >= 11 is 0. The molecule has 1 aromatic carbocycles. The highest BCUT2D eigenvalue weighted by Crippen LogP contribution is 2.21. The average Bonchev–Trinajstić information content (AvgIpc) is 2.88. The molecule has 1 N–H and O–H groups in total. The van der Waals surface area contributed by atoms with E-state index in [-0.39, 0.29) is 11.4 Å². The van der Waals surface area contributed by atoms with Crippen LogP contribution in [0.1, 0.15) is 17.5 Å². The van der Waals surface area contributed by atoms with Gasteiger partial charge in [0.2, 0.25) is 0 Å². The van der Waals surface area contributed by atoms with Gasteiger partial charge in [-0.05, 0) is 23.8 Å². The molecule has 1 unspecified atom stereocenters. The van der Waals surface area contributed by atoms with Gasteiger partial charge in [0.05, 0.1) is 18.2 Å². The lowest BCUT2D eigenvalue weighted by atomic mass is 10.0. The topological polar surface area (TPSA) is 54.3 Å². The maximum Gasteiger partial charge on any atom is 0.123 e. The van der Waals surface area contributed by atoms with Crippen molar-refractivity contribution in [3.8, 4) is 6.07 Å². The SMILES string of the molecule is COC1(CNCc2cc(F)ccc2C#N)CCOC1. The lowest BCUT2D eigenvalue weighted by Gasteiger charge is -2.26. The molecule has 5 heteroatoms. The first-order valence-electron chi connectivity index (χ1n) is 6.21. The van der Waals surface area contributed by atoms with Gasteiger partial charge in [-0.2, -0.15) is 5.26 Å². The third-order valence-corrected chi connectivity index (χ3v) is 3.45. The highest BCUT2D eigenvalue weighted by molar-refractivity contribution is 5.37. The lowest BCUT2D eigenvalue weighted by Crippen LogP contribution is -2.42. The van der Waals surface area contributed by atoms with Crippen molar-refractivity contribution >= 4 is 0 Å². The van der Waals surface area contributed by atoms with Crippen LogP contribution in [-0.4, -0.2) is 32.5 Å². The van der Waals surface area contributed by atoms with Crippen LogP contribution >= 0.6 is 0 Å². The molecule has 2 rings (SSSR count). The summed E-state index contributed by atoms with van der Waals surface area (Å²) in [5.74, 6) is -0.332. The summed E-state index contributed by atoms with van der Waals surface area (Å²) in [4.78, 5) is 0. The number of hydrogen-bond donors (Lipinski definition) is 1. The van der Waals surface area contributed by atoms with Crippen molar-refractivity contribution in [2.24, 2.45) is 0 Å². The molecule has 1 aliphatic rings. The van der Waals surface area contributed by atoms with Crippen LogP contribution in [0.15, 0.2) is 18.2 Å². The van der Waals surface area contributed by atoms with Crippen molar-refractivity contribution in [1.29, 1.82) is 5.26 Å². The molecule has 0 aliphatic carbocycles. The minimum Gasteiger partial charge on any atom is -0.378 e. The van der Waals surface area contributed by atoms with Crippen molar-refractivity contribution in [3.63, 3.8) is 0 Å². The number of hydrogen-bond acceptors (Lipinski definition) is 4. The first kappa shape index (κ1) is 13.9. The Morgan fingerprint density at radius 2 is 2.42 bits per heavy atom. The van der Waals surface area contributed by atoms with Crippen molar-refractivity contribution in [1.82, 2.24) is 5.32 Å². The molecule has 0 aromatic heterocycles. The Hall–Kier alpha value is -1.48. The molecule has 0 amide bonds. The molecule has 102 valence electrons. The van der Waals surface area contributed by atoms with E-state index in [2.05, 4.69) is 11.4 Å². The minimum absolute atomic E-state index is 0.305. The van der Waals surface area contributed by atoms with E-state index in [0.717, 1.165) is 6.42 Å². The third kappa shape index (κ3) is 3.29. The highest BCUT2D eigenvalue weighted by atomic mass is 19.1. The van der Waals surface area contributed by atoms with E-state index in [1.165, 1.54) is 18.2 Å². The number of nitrogens with zero attached hydrogens (tertiary/aromatic N) is 1. The number of halogens is 1. The molecule has 1 fully saturated rings. The summed E-state index contributed by atoms with van der Waals surface area (Å²) in [6, 6.07) is 6.24. The number of nitrogens with one attached hydrogen (secondary N) is 1. The Kier molecular flexibility index (Phi) is 4.48. The fourth-order valence-electron chi connectivity index (χ4n) is 2.20. The summed E-state index contributed by atoms with van der Waals surface area (Å²) in [6.07, 6.45) is 0.838. The second-order valence-corrected chi connectivity index (χ2v) is 4.71. The molecule has 0 spiro atoms.